The van der Waals surface area contributed by atoms with Crippen LogP contribution in [-0.4, -0.2) is 27.3 Å². The van der Waals surface area contributed by atoms with E-state index in [0.29, 0.717) is 28.7 Å². The van der Waals surface area contributed by atoms with Crippen molar-refractivity contribution in [3.63, 3.8) is 0 Å². The van der Waals surface area contributed by atoms with Crippen LogP contribution in [0, 0.1) is 5.82 Å². The zero-order valence-electron chi connectivity index (χ0n) is 10.6. The van der Waals surface area contributed by atoms with Crippen molar-refractivity contribution in [1.82, 2.24) is 10.1 Å². The number of nitrogens with zero attached hydrogens (tertiary/aromatic N) is 2. The molecule has 1 aliphatic heterocycles. The fourth-order valence-corrected chi connectivity index (χ4v) is 2.67. The largest absolute Gasteiger partial charge is 0.479 e. The minimum absolute atomic E-state index is 0.227. The quantitative estimate of drug-likeness (QED) is 0.909. The van der Waals surface area contributed by atoms with Gasteiger partial charge in [-0.2, -0.15) is 4.98 Å². The van der Waals surface area contributed by atoms with E-state index in [2.05, 4.69) is 26.1 Å². The predicted molar refractivity (Wildman–Crippen MR) is 71.9 cm³/mol. The van der Waals surface area contributed by atoms with Gasteiger partial charge in [0.15, 0.2) is 6.10 Å². The first kappa shape index (κ1) is 14.2. The summed E-state index contributed by atoms with van der Waals surface area (Å²) in [5, 5.41) is 12.7. The van der Waals surface area contributed by atoms with Crippen LogP contribution in [0.2, 0.25) is 0 Å². The van der Waals surface area contributed by atoms with E-state index in [1.165, 1.54) is 18.2 Å². The van der Waals surface area contributed by atoms with Crippen molar-refractivity contribution in [3.05, 3.63) is 34.4 Å². The second-order valence-electron chi connectivity index (χ2n) is 4.61. The van der Waals surface area contributed by atoms with Gasteiger partial charge in [-0.05, 0) is 47.0 Å². The van der Waals surface area contributed by atoms with Gasteiger partial charge in [0.1, 0.15) is 11.9 Å². The third-order valence-electron chi connectivity index (χ3n) is 3.18. The molecule has 0 saturated carbocycles. The van der Waals surface area contributed by atoms with Gasteiger partial charge in [-0.15, -0.1) is 0 Å². The van der Waals surface area contributed by atoms with Crippen LogP contribution in [0.3, 0.4) is 0 Å². The number of carboxylic acid groups (broad SMARTS) is 1. The molecule has 8 heteroatoms. The monoisotopic (exact) mass is 356 g/mol. The maximum atomic E-state index is 13.1. The Morgan fingerprint density at radius 3 is 2.90 bits per heavy atom. The molecule has 1 aromatic carbocycles. The van der Waals surface area contributed by atoms with Crippen LogP contribution in [0.1, 0.15) is 24.8 Å². The Morgan fingerprint density at radius 2 is 2.24 bits per heavy atom. The molecular formula is C13H10BrFN2O4. The molecule has 110 valence electrons. The van der Waals surface area contributed by atoms with Crippen LogP contribution in [0.4, 0.5) is 4.39 Å². The van der Waals surface area contributed by atoms with Gasteiger partial charge >= 0.3 is 5.97 Å². The Kier molecular flexibility index (Phi) is 3.73. The lowest BCUT2D eigenvalue weighted by molar-refractivity contribution is -0.150. The number of hydrogen-bond donors (Lipinski definition) is 1. The molecule has 0 aliphatic carbocycles. The number of benzene rings is 1. The van der Waals surface area contributed by atoms with Gasteiger partial charge in [0.2, 0.25) is 5.82 Å². The molecule has 1 N–H and O–H groups in total. The average molecular weight is 357 g/mol. The normalized spacial score (nSPS) is 21.6. The summed E-state index contributed by atoms with van der Waals surface area (Å²) in [6.45, 7) is 0. The average Bonchev–Trinajstić information content (AvgIpc) is 3.07. The number of carboxylic acids is 1. The number of rotatable bonds is 3. The lowest BCUT2D eigenvalue weighted by atomic mass is 10.2. The highest BCUT2D eigenvalue weighted by molar-refractivity contribution is 9.10. The standard InChI is InChI=1S/C13H10BrFN2O4/c14-8-5-6(15)1-2-7(8)11-16-12(21-17-11)9-3-4-10(20-9)13(18)19/h1-2,5,9-10H,3-4H2,(H,18,19). The van der Waals surface area contributed by atoms with Crippen molar-refractivity contribution >= 4 is 21.9 Å². The Hall–Kier alpha value is -1.80. The highest BCUT2D eigenvalue weighted by atomic mass is 79.9. The number of ether oxygens (including phenoxy) is 1. The second kappa shape index (κ2) is 5.53. The highest BCUT2D eigenvalue weighted by Crippen LogP contribution is 2.34. The van der Waals surface area contributed by atoms with E-state index in [4.69, 9.17) is 14.4 Å². The predicted octanol–water partition coefficient (Wildman–Crippen LogP) is 2.94. The van der Waals surface area contributed by atoms with Crippen molar-refractivity contribution in [1.29, 1.82) is 0 Å². The molecule has 6 nitrogen and oxygen atoms in total. The molecule has 0 spiro atoms. The number of aromatic nitrogens is 2. The molecule has 1 saturated heterocycles. The number of aliphatic carboxylic acids is 1. The molecule has 2 unspecified atom stereocenters. The minimum atomic E-state index is -1.00. The maximum Gasteiger partial charge on any atom is 0.332 e. The SMILES string of the molecule is O=C(O)C1CCC(c2nc(-c3ccc(F)cc3Br)no2)O1. The summed E-state index contributed by atoms with van der Waals surface area (Å²) in [5.41, 5.74) is 0.583. The van der Waals surface area contributed by atoms with Gasteiger partial charge in [-0.3, -0.25) is 0 Å². The summed E-state index contributed by atoms with van der Waals surface area (Å²) in [5.74, 6) is -0.861. The molecular weight excluding hydrogens is 347 g/mol. The fraction of sp³-hybridized carbons (Fsp3) is 0.308. The summed E-state index contributed by atoms with van der Waals surface area (Å²) < 4.78 is 24.0. The number of carbonyl (C=O) groups is 1. The number of hydrogen-bond acceptors (Lipinski definition) is 5. The fourth-order valence-electron chi connectivity index (χ4n) is 2.15. The maximum absolute atomic E-state index is 13.1. The zero-order chi connectivity index (χ0) is 15.0. The molecule has 21 heavy (non-hydrogen) atoms. The Labute approximate surface area is 127 Å². The van der Waals surface area contributed by atoms with Crippen LogP contribution in [0.25, 0.3) is 11.4 Å². The van der Waals surface area contributed by atoms with Crippen molar-refractivity contribution in [3.8, 4) is 11.4 Å². The van der Waals surface area contributed by atoms with Crippen LogP contribution >= 0.6 is 15.9 Å². The van der Waals surface area contributed by atoms with Crippen molar-refractivity contribution in [2.24, 2.45) is 0 Å². The van der Waals surface area contributed by atoms with E-state index in [1.54, 1.807) is 0 Å². The lowest BCUT2D eigenvalue weighted by Gasteiger charge is -2.05. The smallest absolute Gasteiger partial charge is 0.332 e. The molecule has 0 radical (unpaired) electrons. The van der Waals surface area contributed by atoms with Crippen molar-refractivity contribution in [2.45, 2.75) is 25.0 Å². The minimum Gasteiger partial charge on any atom is -0.479 e. The van der Waals surface area contributed by atoms with Crippen LogP contribution in [-0.2, 0) is 9.53 Å². The van der Waals surface area contributed by atoms with Crippen LogP contribution in [0.15, 0.2) is 27.2 Å². The van der Waals surface area contributed by atoms with Gasteiger partial charge < -0.3 is 14.4 Å². The highest BCUT2D eigenvalue weighted by Gasteiger charge is 2.34. The van der Waals surface area contributed by atoms with E-state index in [9.17, 15) is 9.18 Å². The van der Waals surface area contributed by atoms with Crippen molar-refractivity contribution in [2.75, 3.05) is 0 Å². The van der Waals surface area contributed by atoms with Gasteiger partial charge in [0.05, 0.1) is 0 Å². The Balaban J connectivity index is 1.82. The molecule has 0 amide bonds. The molecule has 3 rings (SSSR count). The third kappa shape index (κ3) is 2.81. The van der Waals surface area contributed by atoms with E-state index >= 15 is 0 Å². The van der Waals surface area contributed by atoms with Gasteiger partial charge in [0.25, 0.3) is 5.89 Å². The molecule has 1 aliphatic rings. The molecule has 2 heterocycles. The van der Waals surface area contributed by atoms with E-state index in [-0.39, 0.29) is 11.7 Å². The topological polar surface area (TPSA) is 85.5 Å². The van der Waals surface area contributed by atoms with E-state index in [0.717, 1.165) is 0 Å². The summed E-state index contributed by atoms with van der Waals surface area (Å²) in [6.07, 6.45) is -0.462. The first-order valence-corrected chi connectivity index (χ1v) is 7.01. The Bertz CT molecular complexity index is 691. The van der Waals surface area contributed by atoms with Crippen molar-refractivity contribution < 1.29 is 23.6 Å². The molecule has 2 atom stereocenters. The zero-order valence-corrected chi connectivity index (χ0v) is 12.2. The third-order valence-corrected chi connectivity index (χ3v) is 3.84. The summed E-state index contributed by atoms with van der Waals surface area (Å²) in [4.78, 5) is 15.0. The molecule has 0 bridgehead atoms. The Morgan fingerprint density at radius 1 is 1.43 bits per heavy atom. The van der Waals surface area contributed by atoms with Gasteiger partial charge in [-0.25, -0.2) is 9.18 Å². The van der Waals surface area contributed by atoms with Gasteiger partial charge in [-0.1, -0.05) is 5.16 Å². The lowest BCUT2D eigenvalue weighted by Crippen LogP contribution is -2.18. The van der Waals surface area contributed by atoms with E-state index in [1.807, 2.05) is 0 Å². The van der Waals surface area contributed by atoms with E-state index < -0.39 is 18.2 Å². The van der Waals surface area contributed by atoms with Gasteiger partial charge in [0, 0.05) is 10.0 Å². The molecule has 1 fully saturated rings. The second-order valence-corrected chi connectivity index (χ2v) is 5.46. The summed E-state index contributed by atoms with van der Waals surface area (Å²) in [6, 6.07) is 4.13. The first-order valence-electron chi connectivity index (χ1n) is 6.22. The summed E-state index contributed by atoms with van der Waals surface area (Å²) in [7, 11) is 0. The molecule has 1 aromatic heterocycles. The number of halogens is 2. The molecule has 2 aromatic rings. The first-order chi connectivity index (χ1) is 10.0. The van der Waals surface area contributed by atoms with Crippen LogP contribution in [0.5, 0.6) is 0 Å². The van der Waals surface area contributed by atoms with Crippen LogP contribution < -0.4 is 0 Å². The summed E-state index contributed by atoms with van der Waals surface area (Å²) >= 11 is 3.23.